The molecule has 34 heavy (non-hydrogen) atoms. The maximum Gasteiger partial charge on any atom is 0.261 e. The number of nitrogens with one attached hydrogen (secondary N) is 1. The van der Waals surface area contributed by atoms with E-state index in [0.29, 0.717) is 28.4 Å². The molecule has 0 bridgehead atoms. The van der Waals surface area contributed by atoms with Crippen molar-refractivity contribution in [2.24, 2.45) is 0 Å². The van der Waals surface area contributed by atoms with E-state index in [0.717, 1.165) is 11.3 Å². The number of halogens is 1. The number of hydrogen-bond acceptors (Lipinski definition) is 4. The molecule has 0 saturated carbocycles. The van der Waals surface area contributed by atoms with Gasteiger partial charge in [0.15, 0.2) is 0 Å². The molecule has 176 valence electrons. The predicted octanol–water partition coefficient (Wildman–Crippen LogP) is 4.71. The largest absolute Gasteiger partial charge is 0.311 e. The van der Waals surface area contributed by atoms with Crippen LogP contribution in [0.1, 0.15) is 29.8 Å². The van der Waals surface area contributed by atoms with E-state index in [1.54, 1.807) is 72.6 Å². The lowest BCUT2D eigenvalue weighted by Gasteiger charge is -2.20. The Hall–Kier alpha value is -3.36. The van der Waals surface area contributed by atoms with Gasteiger partial charge in [-0.15, -0.1) is 0 Å². The summed E-state index contributed by atoms with van der Waals surface area (Å²) >= 11 is 5.88. The molecule has 0 fully saturated rings. The predicted molar refractivity (Wildman–Crippen MR) is 134 cm³/mol. The molecule has 9 heteroatoms. The van der Waals surface area contributed by atoms with Crippen LogP contribution in [-0.2, 0) is 21.2 Å². The van der Waals surface area contributed by atoms with E-state index in [9.17, 15) is 18.0 Å². The number of hydrogen-bond donors (Lipinski definition) is 1. The molecule has 1 aliphatic heterocycles. The van der Waals surface area contributed by atoms with Crippen LogP contribution in [0, 0.1) is 0 Å². The van der Waals surface area contributed by atoms with Gasteiger partial charge >= 0.3 is 0 Å². The highest BCUT2D eigenvalue weighted by Gasteiger charge is 2.30. The van der Waals surface area contributed by atoms with Gasteiger partial charge in [0.2, 0.25) is 5.91 Å². The Morgan fingerprint density at radius 2 is 1.68 bits per heavy atom. The summed E-state index contributed by atoms with van der Waals surface area (Å²) in [5.74, 6) is -0.281. The van der Waals surface area contributed by atoms with Gasteiger partial charge < -0.3 is 9.80 Å². The first-order valence-corrected chi connectivity index (χ1v) is 12.5. The summed E-state index contributed by atoms with van der Waals surface area (Å²) in [6, 6.07) is 17.9. The van der Waals surface area contributed by atoms with Gasteiger partial charge in [0.05, 0.1) is 4.90 Å². The second-order valence-electron chi connectivity index (χ2n) is 8.26. The zero-order valence-electron chi connectivity index (χ0n) is 18.9. The molecule has 4 rings (SSSR count). The summed E-state index contributed by atoms with van der Waals surface area (Å²) in [5.41, 5.74) is 3.04. The Bertz CT molecular complexity index is 1360. The summed E-state index contributed by atoms with van der Waals surface area (Å²) in [7, 11) is -2.19. The van der Waals surface area contributed by atoms with E-state index >= 15 is 0 Å². The van der Waals surface area contributed by atoms with Crippen molar-refractivity contribution in [2.75, 3.05) is 21.6 Å². The molecule has 3 aromatic carbocycles. The lowest BCUT2D eigenvalue weighted by atomic mass is 10.1. The normalized spacial score (nSPS) is 15.1. The van der Waals surface area contributed by atoms with E-state index < -0.39 is 10.0 Å². The minimum Gasteiger partial charge on any atom is -0.311 e. The third-order valence-corrected chi connectivity index (χ3v) is 7.45. The van der Waals surface area contributed by atoms with E-state index in [-0.39, 0.29) is 22.8 Å². The van der Waals surface area contributed by atoms with Gasteiger partial charge in [-0.3, -0.25) is 14.3 Å². The van der Waals surface area contributed by atoms with Crippen LogP contribution in [0.2, 0.25) is 5.02 Å². The van der Waals surface area contributed by atoms with Crippen LogP contribution in [0.4, 0.5) is 17.1 Å². The van der Waals surface area contributed by atoms with Gasteiger partial charge in [0.1, 0.15) is 0 Å². The molecular formula is C25H24ClN3O4S. The van der Waals surface area contributed by atoms with Crippen LogP contribution in [0.15, 0.2) is 71.6 Å². The first-order valence-electron chi connectivity index (χ1n) is 10.7. The van der Waals surface area contributed by atoms with E-state index in [2.05, 4.69) is 4.72 Å². The van der Waals surface area contributed by atoms with Crippen molar-refractivity contribution < 1.29 is 18.0 Å². The van der Waals surface area contributed by atoms with Gasteiger partial charge in [0, 0.05) is 47.7 Å². The molecule has 0 spiro atoms. The maximum atomic E-state index is 13.0. The third kappa shape index (κ3) is 4.64. The number of carbonyl (C=O) groups is 2. The molecule has 1 N–H and O–H groups in total. The molecule has 0 aromatic heterocycles. The summed E-state index contributed by atoms with van der Waals surface area (Å²) in [6.45, 7) is 3.44. The van der Waals surface area contributed by atoms with E-state index in [1.807, 2.05) is 6.92 Å². The maximum absolute atomic E-state index is 13.0. The zero-order valence-corrected chi connectivity index (χ0v) is 20.5. The Labute approximate surface area is 204 Å². The summed E-state index contributed by atoms with van der Waals surface area (Å²) in [5, 5.41) is 0.546. The van der Waals surface area contributed by atoms with Gasteiger partial charge in [-0.1, -0.05) is 11.6 Å². The second-order valence-corrected chi connectivity index (χ2v) is 10.4. The number of anilines is 3. The topological polar surface area (TPSA) is 86.8 Å². The van der Waals surface area contributed by atoms with Gasteiger partial charge in [-0.05, 0) is 85.6 Å². The van der Waals surface area contributed by atoms with Crippen LogP contribution in [0.5, 0.6) is 0 Å². The zero-order chi connectivity index (χ0) is 24.6. The number of fused-ring (bicyclic) bond motifs is 1. The molecule has 2 amide bonds. The Balaban J connectivity index is 1.50. The molecule has 1 unspecified atom stereocenters. The molecule has 7 nitrogen and oxygen atoms in total. The fraction of sp³-hybridized carbons (Fsp3) is 0.200. The molecule has 1 aliphatic rings. The van der Waals surface area contributed by atoms with Gasteiger partial charge in [-0.25, -0.2) is 8.42 Å². The first kappa shape index (κ1) is 23.8. The van der Waals surface area contributed by atoms with Crippen molar-refractivity contribution in [3.63, 3.8) is 0 Å². The molecule has 0 radical (unpaired) electrons. The van der Waals surface area contributed by atoms with Crippen molar-refractivity contribution >= 4 is 50.5 Å². The third-order valence-electron chi connectivity index (χ3n) is 5.82. The molecule has 1 heterocycles. The monoisotopic (exact) mass is 497 g/mol. The highest BCUT2D eigenvalue weighted by Crippen LogP contribution is 2.34. The van der Waals surface area contributed by atoms with E-state index in [4.69, 9.17) is 11.6 Å². The van der Waals surface area contributed by atoms with E-state index in [1.165, 1.54) is 17.9 Å². The fourth-order valence-electron chi connectivity index (χ4n) is 4.13. The number of nitrogens with zero attached hydrogens (tertiary/aromatic N) is 2. The second kappa shape index (κ2) is 9.12. The molecule has 0 aliphatic carbocycles. The lowest BCUT2D eigenvalue weighted by Crippen LogP contribution is -2.33. The minimum atomic E-state index is -3.83. The Kier molecular flexibility index (Phi) is 6.38. The summed E-state index contributed by atoms with van der Waals surface area (Å²) in [6.07, 6.45) is 0.598. The summed E-state index contributed by atoms with van der Waals surface area (Å²) in [4.78, 5) is 27.9. The lowest BCUT2D eigenvalue weighted by molar-refractivity contribution is -0.116. The standard InChI is InChI=1S/C25H24ClN3O4S/c1-16-14-19-15-23(12-13-24(19)29(16)17(2)30)34(32,33)27-21-8-10-22(11-9-21)28(3)25(31)18-4-6-20(26)7-5-18/h4-13,15-16,27H,14H2,1-3H3. The van der Waals surface area contributed by atoms with Crippen LogP contribution >= 0.6 is 11.6 Å². The fourth-order valence-corrected chi connectivity index (χ4v) is 5.36. The summed E-state index contributed by atoms with van der Waals surface area (Å²) < 4.78 is 28.5. The Morgan fingerprint density at radius 1 is 1.03 bits per heavy atom. The van der Waals surface area contributed by atoms with Crippen molar-refractivity contribution in [1.82, 2.24) is 0 Å². The first-order chi connectivity index (χ1) is 16.1. The number of amides is 2. The highest BCUT2D eigenvalue weighted by molar-refractivity contribution is 7.92. The van der Waals surface area contributed by atoms with Crippen LogP contribution in [-0.4, -0.2) is 33.3 Å². The quantitative estimate of drug-likeness (QED) is 0.552. The SMILES string of the molecule is CC(=O)N1c2ccc(S(=O)(=O)Nc3ccc(N(C)C(=O)c4ccc(Cl)cc4)cc3)cc2CC1C. The highest BCUT2D eigenvalue weighted by atomic mass is 35.5. The number of sulfonamides is 1. The number of benzene rings is 3. The van der Waals surface area contributed by atoms with Gasteiger partial charge in [-0.2, -0.15) is 0 Å². The Morgan fingerprint density at radius 3 is 2.29 bits per heavy atom. The van der Waals surface area contributed by atoms with Crippen molar-refractivity contribution in [2.45, 2.75) is 31.2 Å². The van der Waals surface area contributed by atoms with Crippen molar-refractivity contribution in [1.29, 1.82) is 0 Å². The average molecular weight is 498 g/mol. The van der Waals surface area contributed by atoms with Crippen molar-refractivity contribution in [3.8, 4) is 0 Å². The molecule has 0 saturated heterocycles. The molecular weight excluding hydrogens is 474 g/mol. The smallest absolute Gasteiger partial charge is 0.261 e. The molecule has 1 atom stereocenters. The molecule has 3 aromatic rings. The van der Waals surface area contributed by atoms with Gasteiger partial charge in [0.25, 0.3) is 15.9 Å². The number of carbonyl (C=O) groups excluding carboxylic acids is 2. The van der Waals surface area contributed by atoms with Crippen LogP contribution in [0.3, 0.4) is 0 Å². The number of rotatable bonds is 5. The van der Waals surface area contributed by atoms with Crippen LogP contribution < -0.4 is 14.5 Å². The average Bonchev–Trinajstić information content (AvgIpc) is 3.14. The minimum absolute atomic E-state index is 0.0152. The van der Waals surface area contributed by atoms with Crippen LogP contribution in [0.25, 0.3) is 0 Å². The van der Waals surface area contributed by atoms with Crippen molar-refractivity contribution in [3.05, 3.63) is 82.9 Å².